The van der Waals surface area contributed by atoms with Crippen molar-refractivity contribution in [2.75, 3.05) is 5.73 Å². The van der Waals surface area contributed by atoms with Gasteiger partial charge in [0.05, 0.1) is 15.6 Å². The van der Waals surface area contributed by atoms with Crippen molar-refractivity contribution in [2.45, 2.75) is 16.6 Å². The fourth-order valence-electron chi connectivity index (χ4n) is 1.89. The maximum Gasteiger partial charge on any atom is 0.476 e. The van der Waals surface area contributed by atoms with Gasteiger partial charge in [0, 0.05) is 0 Å². The van der Waals surface area contributed by atoms with Crippen molar-refractivity contribution in [2.24, 2.45) is 4.99 Å². The monoisotopic (exact) mass is 469 g/mol. The summed E-state index contributed by atoms with van der Waals surface area (Å²) in [6, 6.07) is 0.939. The van der Waals surface area contributed by atoms with Gasteiger partial charge in [-0.25, -0.2) is 9.20 Å². The van der Waals surface area contributed by atoms with Crippen LogP contribution in [0.2, 0.25) is 10.0 Å². The number of hydrogen-bond acceptors (Lipinski definition) is 5. The molecule has 1 heterocycles. The Morgan fingerprint density at radius 2 is 1.75 bits per heavy atom. The van der Waals surface area contributed by atoms with Crippen molar-refractivity contribution < 1.29 is 35.8 Å². The average molecular weight is 470 g/mol. The standard InChI is InChI=1S/C12H7Cl2F6N5O2S/c13-4-1-3(11(15,16)17)2-5(14)6(4)22-10(25-26)7-8(9(21)24-23-7)28(27)12(18,19)20/h1-2,26H,(H,22,25)(H3,21,23,24). The van der Waals surface area contributed by atoms with Gasteiger partial charge < -0.3 is 5.73 Å². The molecular weight excluding hydrogens is 463 g/mol. The molecule has 0 spiro atoms. The molecular formula is C12H7Cl2F6N5O2S. The summed E-state index contributed by atoms with van der Waals surface area (Å²) in [6.45, 7) is 0. The number of aromatic nitrogens is 2. The first-order valence-electron chi connectivity index (χ1n) is 6.65. The smallest absolute Gasteiger partial charge is 0.381 e. The molecule has 16 heteroatoms. The van der Waals surface area contributed by atoms with Crippen LogP contribution in [0.4, 0.5) is 37.8 Å². The number of anilines is 1. The molecule has 1 unspecified atom stereocenters. The van der Waals surface area contributed by atoms with Gasteiger partial charge in [0.25, 0.3) is 0 Å². The summed E-state index contributed by atoms with van der Waals surface area (Å²) >= 11 is 11.4. The minimum atomic E-state index is -5.23. The minimum Gasteiger partial charge on any atom is -0.381 e. The molecule has 0 aliphatic carbocycles. The first-order valence-corrected chi connectivity index (χ1v) is 8.55. The number of benzene rings is 1. The van der Waals surface area contributed by atoms with Gasteiger partial charge in [-0.15, -0.1) is 0 Å². The lowest BCUT2D eigenvalue weighted by Gasteiger charge is -2.12. The van der Waals surface area contributed by atoms with Gasteiger partial charge in [0.1, 0.15) is 16.3 Å². The number of aliphatic imine (C=N–C) groups is 1. The fraction of sp³-hybridized carbons (Fsp3) is 0.167. The van der Waals surface area contributed by atoms with E-state index in [2.05, 4.69) is 10.1 Å². The van der Waals surface area contributed by atoms with Crippen molar-refractivity contribution in [3.05, 3.63) is 33.4 Å². The molecule has 1 aromatic heterocycles. The number of nitrogen functional groups attached to an aromatic ring is 1. The van der Waals surface area contributed by atoms with E-state index in [0.717, 1.165) is 0 Å². The lowest BCUT2D eigenvalue weighted by Crippen LogP contribution is -2.25. The Bertz CT molecular complexity index is 936. The highest BCUT2D eigenvalue weighted by Crippen LogP contribution is 2.40. The zero-order chi connectivity index (χ0) is 21.4. The van der Waals surface area contributed by atoms with Crippen LogP contribution in [0.1, 0.15) is 11.3 Å². The zero-order valence-electron chi connectivity index (χ0n) is 12.9. The van der Waals surface area contributed by atoms with Crippen molar-refractivity contribution in [1.29, 1.82) is 0 Å². The normalized spacial score (nSPS) is 14.2. The number of nitrogens with one attached hydrogen (secondary N) is 2. The molecule has 2 aromatic rings. The van der Waals surface area contributed by atoms with E-state index in [-0.39, 0.29) is 0 Å². The Morgan fingerprint density at radius 1 is 1.21 bits per heavy atom. The Labute approximate surface area is 163 Å². The van der Waals surface area contributed by atoms with Crippen LogP contribution in [0, 0.1) is 0 Å². The molecule has 154 valence electrons. The summed E-state index contributed by atoms with van der Waals surface area (Å²) in [4.78, 5) is 2.54. The Balaban J connectivity index is 2.63. The highest BCUT2D eigenvalue weighted by Gasteiger charge is 2.42. The van der Waals surface area contributed by atoms with E-state index < -0.39 is 66.0 Å². The van der Waals surface area contributed by atoms with Gasteiger partial charge in [0.2, 0.25) is 0 Å². The molecule has 0 saturated heterocycles. The highest BCUT2D eigenvalue weighted by molar-refractivity contribution is 7.86. The van der Waals surface area contributed by atoms with Crippen LogP contribution >= 0.6 is 23.2 Å². The van der Waals surface area contributed by atoms with Crippen LogP contribution in [0.15, 0.2) is 22.0 Å². The summed E-state index contributed by atoms with van der Waals surface area (Å²) in [5.41, 5.74) is -1.02. The number of rotatable bonds is 3. The van der Waals surface area contributed by atoms with Crippen molar-refractivity contribution in [3.8, 4) is 0 Å². The van der Waals surface area contributed by atoms with Gasteiger partial charge in [-0.3, -0.25) is 15.8 Å². The molecule has 0 radical (unpaired) electrons. The van der Waals surface area contributed by atoms with Crippen LogP contribution in [0.3, 0.4) is 0 Å². The summed E-state index contributed by atoms with van der Waals surface area (Å²) < 4.78 is 88.3. The first-order chi connectivity index (χ1) is 12.8. The molecule has 0 aliphatic rings. The molecule has 28 heavy (non-hydrogen) atoms. The number of alkyl halides is 6. The second-order valence-corrected chi connectivity index (χ2v) is 7.11. The van der Waals surface area contributed by atoms with Crippen molar-refractivity contribution in [3.63, 3.8) is 0 Å². The van der Waals surface area contributed by atoms with E-state index in [1.54, 1.807) is 0 Å². The fourth-order valence-corrected chi connectivity index (χ4v) is 3.26. The average Bonchev–Trinajstić information content (AvgIpc) is 2.93. The van der Waals surface area contributed by atoms with Gasteiger partial charge in [-0.2, -0.15) is 31.4 Å². The van der Waals surface area contributed by atoms with Crippen LogP contribution in [0.25, 0.3) is 0 Å². The lowest BCUT2D eigenvalue weighted by molar-refractivity contribution is -0.137. The second-order valence-electron chi connectivity index (χ2n) is 4.89. The lowest BCUT2D eigenvalue weighted by atomic mass is 10.2. The number of aromatic amines is 1. The topological polar surface area (TPSA) is 116 Å². The van der Waals surface area contributed by atoms with E-state index in [1.165, 1.54) is 5.48 Å². The van der Waals surface area contributed by atoms with Crippen LogP contribution in [0.5, 0.6) is 0 Å². The quantitative estimate of drug-likeness (QED) is 0.234. The maximum atomic E-state index is 12.8. The molecule has 2 rings (SSSR count). The number of nitrogens with zero attached hydrogens (tertiary/aromatic N) is 2. The molecule has 0 saturated carbocycles. The molecule has 0 amide bonds. The number of halogens is 8. The maximum absolute atomic E-state index is 12.8. The Kier molecular flexibility index (Phi) is 6.18. The number of hydrogen-bond donors (Lipinski definition) is 4. The Hall–Kier alpha value is -2.03. The van der Waals surface area contributed by atoms with Crippen molar-refractivity contribution in [1.82, 2.24) is 15.7 Å². The molecule has 0 bridgehead atoms. The van der Waals surface area contributed by atoms with E-state index in [9.17, 15) is 35.8 Å². The van der Waals surface area contributed by atoms with E-state index in [4.69, 9.17) is 28.9 Å². The van der Waals surface area contributed by atoms with Crippen LogP contribution in [-0.4, -0.2) is 31.0 Å². The Morgan fingerprint density at radius 3 is 2.18 bits per heavy atom. The summed E-state index contributed by atoms with van der Waals surface area (Å²) in [5, 5.41) is 13.2. The van der Waals surface area contributed by atoms with E-state index in [1.807, 2.05) is 5.10 Å². The molecule has 1 aromatic carbocycles. The SMILES string of the molecule is Nc1n[nH]c(C(=Nc2c(Cl)cc(C(F)(F)F)cc2Cl)NO)c1S(=O)C(F)(F)F. The van der Waals surface area contributed by atoms with Crippen LogP contribution < -0.4 is 11.2 Å². The summed E-state index contributed by atoms with van der Waals surface area (Å²) in [7, 11) is -3.66. The molecule has 1 atom stereocenters. The molecule has 0 aliphatic heterocycles. The summed E-state index contributed by atoms with van der Waals surface area (Å²) in [6.07, 6.45) is -4.78. The largest absolute Gasteiger partial charge is 0.476 e. The molecule has 7 nitrogen and oxygen atoms in total. The third-order valence-electron chi connectivity index (χ3n) is 3.05. The second kappa shape index (κ2) is 7.77. The number of amidine groups is 1. The van der Waals surface area contributed by atoms with E-state index >= 15 is 0 Å². The van der Waals surface area contributed by atoms with Gasteiger partial charge >= 0.3 is 11.7 Å². The minimum absolute atomic E-state index is 0.470. The third kappa shape index (κ3) is 4.51. The van der Waals surface area contributed by atoms with E-state index in [0.29, 0.717) is 12.1 Å². The predicted molar refractivity (Wildman–Crippen MR) is 88.0 cm³/mol. The van der Waals surface area contributed by atoms with Gasteiger partial charge in [-0.1, -0.05) is 23.2 Å². The van der Waals surface area contributed by atoms with Gasteiger partial charge in [-0.05, 0) is 12.1 Å². The first kappa shape index (κ1) is 22.3. The highest BCUT2D eigenvalue weighted by atomic mass is 35.5. The molecule has 5 N–H and O–H groups in total. The summed E-state index contributed by atoms with van der Waals surface area (Å²) in [5.74, 6) is -1.64. The van der Waals surface area contributed by atoms with Gasteiger partial charge in [0.15, 0.2) is 22.5 Å². The van der Waals surface area contributed by atoms with Crippen LogP contribution in [-0.2, 0) is 17.0 Å². The number of nitrogens with two attached hydrogens (primary N) is 1. The van der Waals surface area contributed by atoms with Crippen molar-refractivity contribution >= 4 is 51.3 Å². The predicted octanol–water partition coefficient (Wildman–Crippen LogP) is 4.00. The number of hydroxylamine groups is 1. The number of H-pyrrole nitrogens is 1. The zero-order valence-corrected chi connectivity index (χ0v) is 15.2. The molecule has 0 fully saturated rings. The third-order valence-corrected chi connectivity index (χ3v) is 4.83.